The van der Waals surface area contributed by atoms with Crippen molar-refractivity contribution in [3.8, 4) is 5.75 Å². The molecule has 2 rings (SSSR count). The van der Waals surface area contributed by atoms with E-state index in [-0.39, 0.29) is 24.1 Å². The number of hydrogen-bond acceptors (Lipinski definition) is 3. The molecule has 0 atom stereocenters. The zero-order chi connectivity index (χ0) is 13.2. The molecule has 106 valence electrons. The smallest absolute Gasteiger partial charge is 0.244 e. The standard InChI is InChI=1S/C13H17BrN2O2.ClH/c14-9-4-5-11(17)10(8-9)16-12(18)13(15)6-2-1-3-7-13;/h4-5,8,17H,1-3,6-7,15H2,(H,16,18);1H. The second-order valence-electron chi connectivity index (χ2n) is 4.83. The Bertz CT molecular complexity index is 462. The predicted molar refractivity (Wildman–Crippen MR) is 81.7 cm³/mol. The van der Waals surface area contributed by atoms with Gasteiger partial charge in [-0.3, -0.25) is 4.79 Å². The topological polar surface area (TPSA) is 75.4 Å². The lowest BCUT2D eigenvalue weighted by molar-refractivity contribution is -0.122. The highest BCUT2D eigenvalue weighted by Gasteiger charge is 2.35. The number of hydrogen-bond donors (Lipinski definition) is 3. The molecule has 6 heteroatoms. The molecule has 0 aliphatic heterocycles. The minimum atomic E-state index is -0.799. The maximum atomic E-state index is 12.2. The maximum absolute atomic E-state index is 12.2. The summed E-state index contributed by atoms with van der Waals surface area (Å²) in [5.41, 5.74) is 5.73. The fourth-order valence-corrected chi connectivity index (χ4v) is 2.63. The molecule has 0 unspecified atom stereocenters. The van der Waals surface area contributed by atoms with Gasteiger partial charge in [-0.05, 0) is 31.0 Å². The highest BCUT2D eigenvalue weighted by Crippen LogP contribution is 2.30. The normalized spacial score (nSPS) is 17.4. The Labute approximate surface area is 127 Å². The molecule has 1 aliphatic carbocycles. The van der Waals surface area contributed by atoms with E-state index in [1.54, 1.807) is 12.1 Å². The van der Waals surface area contributed by atoms with Gasteiger partial charge < -0.3 is 16.2 Å². The zero-order valence-electron chi connectivity index (χ0n) is 10.5. The van der Waals surface area contributed by atoms with Crippen LogP contribution in [0.1, 0.15) is 32.1 Å². The van der Waals surface area contributed by atoms with Gasteiger partial charge in [-0.15, -0.1) is 12.4 Å². The van der Waals surface area contributed by atoms with Crippen LogP contribution in [-0.4, -0.2) is 16.6 Å². The van der Waals surface area contributed by atoms with Crippen LogP contribution >= 0.6 is 28.3 Å². The van der Waals surface area contributed by atoms with Gasteiger partial charge >= 0.3 is 0 Å². The van der Waals surface area contributed by atoms with Crippen molar-refractivity contribution in [2.24, 2.45) is 5.73 Å². The summed E-state index contributed by atoms with van der Waals surface area (Å²) in [6, 6.07) is 4.91. The molecule has 0 spiro atoms. The van der Waals surface area contributed by atoms with E-state index in [4.69, 9.17) is 5.73 Å². The Morgan fingerprint density at radius 2 is 1.95 bits per heavy atom. The first-order valence-electron chi connectivity index (χ1n) is 6.10. The number of amides is 1. The largest absolute Gasteiger partial charge is 0.506 e. The van der Waals surface area contributed by atoms with E-state index in [2.05, 4.69) is 21.2 Å². The number of carbonyl (C=O) groups excluding carboxylic acids is 1. The Morgan fingerprint density at radius 1 is 1.32 bits per heavy atom. The van der Waals surface area contributed by atoms with Crippen molar-refractivity contribution in [1.29, 1.82) is 0 Å². The average molecular weight is 350 g/mol. The van der Waals surface area contributed by atoms with Crippen LogP contribution in [-0.2, 0) is 4.79 Å². The van der Waals surface area contributed by atoms with Crippen LogP contribution < -0.4 is 11.1 Å². The summed E-state index contributed by atoms with van der Waals surface area (Å²) in [6.07, 6.45) is 4.50. The first kappa shape index (κ1) is 16.3. The second kappa shape index (κ2) is 6.59. The number of halogens is 2. The molecule has 4 nitrogen and oxygen atoms in total. The summed E-state index contributed by atoms with van der Waals surface area (Å²) in [6.45, 7) is 0. The summed E-state index contributed by atoms with van der Waals surface area (Å²) in [4.78, 5) is 12.2. The molecule has 1 aromatic carbocycles. The highest BCUT2D eigenvalue weighted by molar-refractivity contribution is 9.10. The van der Waals surface area contributed by atoms with Crippen molar-refractivity contribution < 1.29 is 9.90 Å². The van der Waals surface area contributed by atoms with Crippen LogP contribution in [0, 0.1) is 0 Å². The van der Waals surface area contributed by atoms with E-state index in [9.17, 15) is 9.90 Å². The molecule has 1 amide bonds. The van der Waals surface area contributed by atoms with Gasteiger partial charge in [0.1, 0.15) is 5.75 Å². The van der Waals surface area contributed by atoms with Crippen LogP contribution in [0.5, 0.6) is 5.75 Å². The van der Waals surface area contributed by atoms with Gasteiger partial charge in [0, 0.05) is 4.47 Å². The number of carbonyl (C=O) groups is 1. The number of anilines is 1. The second-order valence-corrected chi connectivity index (χ2v) is 5.75. The van der Waals surface area contributed by atoms with E-state index >= 15 is 0 Å². The molecule has 0 bridgehead atoms. The van der Waals surface area contributed by atoms with E-state index < -0.39 is 5.54 Å². The molecular formula is C13H18BrClN2O2. The van der Waals surface area contributed by atoms with Gasteiger partial charge in [-0.25, -0.2) is 0 Å². The fraction of sp³-hybridized carbons (Fsp3) is 0.462. The Balaban J connectivity index is 0.00000180. The number of aromatic hydroxyl groups is 1. The lowest BCUT2D eigenvalue weighted by Gasteiger charge is -2.31. The van der Waals surface area contributed by atoms with Crippen LogP contribution in [0.4, 0.5) is 5.69 Å². The van der Waals surface area contributed by atoms with Gasteiger partial charge in [0.05, 0.1) is 11.2 Å². The van der Waals surface area contributed by atoms with Crippen molar-refractivity contribution in [3.63, 3.8) is 0 Å². The summed E-state index contributed by atoms with van der Waals surface area (Å²) >= 11 is 3.30. The number of rotatable bonds is 2. The van der Waals surface area contributed by atoms with Crippen molar-refractivity contribution in [2.45, 2.75) is 37.6 Å². The highest BCUT2D eigenvalue weighted by atomic mass is 79.9. The molecule has 0 radical (unpaired) electrons. The molecular weight excluding hydrogens is 332 g/mol. The van der Waals surface area contributed by atoms with Crippen LogP contribution in [0.3, 0.4) is 0 Å². The summed E-state index contributed by atoms with van der Waals surface area (Å²) < 4.78 is 0.797. The maximum Gasteiger partial charge on any atom is 0.244 e. The summed E-state index contributed by atoms with van der Waals surface area (Å²) in [5.74, 6) is -0.165. The van der Waals surface area contributed by atoms with E-state index in [0.717, 1.165) is 23.7 Å². The minimum Gasteiger partial charge on any atom is -0.506 e. The van der Waals surface area contributed by atoms with Crippen LogP contribution in [0.2, 0.25) is 0 Å². The van der Waals surface area contributed by atoms with E-state index in [1.807, 2.05) is 0 Å². The summed E-state index contributed by atoms with van der Waals surface area (Å²) in [7, 11) is 0. The number of benzene rings is 1. The third kappa shape index (κ3) is 3.84. The predicted octanol–water partition coefficient (Wildman–Crippen LogP) is 3.18. The van der Waals surface area contributed by atoms with Gasteiger partial charge in [-0.1, -0.05) is 35.2 Å². The number of phenols is 1. The van der Waals surface area contributed by atoms with Crippen LogP contribution in [0.15, 0.2) is 22.7 Å². The monoisotopic (exact) mass is 348 g/mol. The third-order valence-corrected chi connectivity index (χ3v) is 3.90. The van der Waals surface area contributed by atoms with Crippen molar-refractivity contribution in [2.75, 3.05) is 5.32 Å². The van der Waals surface area contributed by atoms with Gasteiger partial charge in [-0.2, -0.15) is 0 Å². The molecule has 1 aromatic rings. The van der Waals surface area contributed by atoms with Crippen LogP contribution in [0.25, 0.3) is 0 Å². The fourth-order valence-electron chi connectivity index (χ4n) is 2.26. The molecule has 0 saturated heterocycles. The lowest BCUT2D eigenvalue weighted by Crippen LogP contribution is -2.52. The Hall–Kier alpha value is -0.780. The molecule has 19 heavy (non-hydrogen) atoms. The molecule has 4 N–H and O–H groups in total. The van der Waals surface area contributed by atoms with E-state index in [0.29, 0.717) is 18.5 Å². The SMILES string of the molecule is Cl.NC1(C(=O)Nc2cc(Br)ccc2O)CCCCC1. The average Bonchev–Trinajstić information content (AvgIpc) is 2.35. The van der Waals surface area contributed by atoms with Gasteiger partial charge in [0.2, 0.25) is 5.91 Å². The molecule has 0 aromatic heterocycles. The van der Waals surface area contributed by atoms with Crippen molar-refractivity contribution >= 4 is 39.9 Å². The minimum absolute atomic E-state index is 0. The quantitative estimate of drug-likeness (QED) is 0.718. The molecule has 1 aliphatic rings. The Morgan fingerprint density at radius 3 is 2.58 bits per heavy atom. The van der Waals surface area contributed by atoms with E-state index in [1.165, 1.54) is 6.07 Å². The Kier molecular flexibility index (Phi) is 5.64. The first-order valence-corrected chi connectivity index (χ1v) is 6.89. The van der Waals surface area contributed by atoms with Gasteiger partial charge in [0.25, 0.3) is 0 Å². The lowest BCUT2D eigenvalue weighted by atomic mass is 9.82. The first-order chi connectivity index (χ1) is 8.51. The number of nitrogens with one attached hydrogen (secondary N) is 1. The molecule has 1 fully saturated rings. The van der Waals surface area contributed by atoms with Crippen molar-refractivity contribution in [3.05, 3.63) is 22.7 Å². The van der Waals surface area contributed by atoms with Gasteiger partial charge in [0.15, 0.2) is 0 Å². The zero-order valence-corrected chi connectivity index (χ0v) is 12.9. The molecule has 1 saturated carbocycles. The molecule has 0 heterocycles. The van der Waals surface area contributed by atoms with Crippen molar-refractivity contribution in [1.82, 2.24) is 0 Å². The summed E-state index contributed by atoms with van der Waals surface area (Å²) in [5, 5.41) is 12.4. The third-order valence-electron chi connectivity index (χ3n) is 3.40. The number of nitrogens with two attached hydrogens (primary N) is 1. The number of phenolic OH excluding ortho intramolecular Hbond substituents is 1.